The molecule has 0 radical (unpaired) electrons. The Labute approximate surface area is 54.8 Å². The Morgan fingerprint density at radius 3 is 2.25 bits per heavy atom. The summed E-state index contributed by atoms with van der Waals surface area (Å²) in [4.78, 5) is 0. The zero-order chi connectivity index (χ0) is 6.57. The fourth-order valence-corrected chi connectivity index (χ4v) is 0.439. The van der Waals surface area contributed by atoms with Gasteiger partial charge in [-0.1, -0.05) is 17.7 Å². The summed E-state index contributed by atoms with van der Waals surface area (Å²) in [5.74, 6) is 0. The topological polar surface area (TPSA) is 26.0 Å². The van der Waals surface area contributed by atoms with Crippen molar-refractivity contribution in [3.05, 3.63) is 22.9 Å². The van der Waals surface area contributed by atoms with Gasteiger partial charge in [-0.05, 0) is 19.9 Å². The summed E-state index contributed by atoms with van der Waals surface area (Å²) >= 11 is 5.49. The van der Waals surface area contributed by atoms with Crippen LogP contribution < -0.4 is 5.73 Å². The largest absolute Gasteiger partial charge is 0.399 e. The molecule has 0 aliphatic heterocycles. The molecular formula is C6H10ClN. The van der Waals surface area contributed by atoms with E-state index in [0.717, 1.165) is 0 Å². The second-order valence-corrected chi connectivity index (χ2v) is 2.12. The van der Waals surface area contributed by atoms with Crippen molar-refractivity contribution >= 4 is 11.6 Å². The van der Waals surface area contributed by atoms with Gasteiger partial charge in [-0.25, -0.2) is 0 Å². The van der Waals surface area contributed by atoms with Crippen LogP contribution >= 0.6 is 11.6 Å². The molecule has 0 aromatic rings. The van der Waals surface area contributed by atoms with E-state index in [-0.39, 0.29) is 0 Å². The number of nitrogens with two attached hydrogens (primary N) is 1. The molecule has 0 amide bonds. The van der Waals surface area contributed by atoms with E-state index >= 15 is 0 Å². The summed E-state index contributed by atoms with van der Waals surface area (Å²) in [6.45, 7) is 3.66. The second-order valence-electron chi connectivity index (χ2n) is 1.52. The van der Waals surface area contributed by atoms with Crippen LogP contribution in [0, 0.1) is 0 Å². The Hall–Kier alpha value is -0.430. The first-order chi connectivity index (χ1) is 3.66. The molecule has 8 heavy (non-hydrogen) atoms. The lowest BCUT2D eigenvalue weighted by atomic mass is 10.4. The minimum Gasteiger partial charge on any atom is -0.399 e. The highest BCUT2D eigenvalue weighted by atomic mass is 35.5. The molecule has 1 nitrogen and oxygen atoms in total. The molecule has 2 N–H and O–H groups in total. The predicted molar refractivity (Wildman–Crippen MR) is 37.6 cm³/mol. The van der Waals surface area contributed by atoms with E-state index in [9.17, 15) is 0 Å². The van der Waals surface area contributed by atoms with Gasteiger partial charge >= 0.3 is 0 Å². The zero-order valence-corrected chi connectivity index (χ0v) is 5.87. The SMILES string of the molecule is C/C=C(N)\C=C(/C)Cl. The minimum absolute atomic E-state index is 0.706. The summed E-state index contributed by atoms with van der Waals surface area (Å²) in [5.41, 5.74) is 6.08. The molecule has 0 aliphatic carbocycles. The quantitative estimate of drug-likeness (QED) is 0.542. The maximum atomic E-state index is 5.49. The maximum Gasteiger partial charge on any atom is 0.0282 e. The summed E-state index contributed by atoms with van der Waals surface area (Å²) < 4.78 is 0. The van der Waals surface area contributed by atoms with E-state index in [1.807, 2.05) is 6.92 Å². The van der Waals surface area contributed by atoms with Crippen LogP contribution in [0.5, 0.6) is 0 Å². The van der Waals surface area contributed by atoms with Crippen LogP contribution in [0.4, 0.5) is 0 Å². The van der Waals surface area contributed by atoms with E-state index in [1.165, 1.54) is 0 Å². The van der Waals surface area contributed by atoms with E-state index in [1.54, 1.807) is 19.1 Å². The van der Waals surface area contributed by atoms with Gasteiger partial charge in [0.2, 0.25) is 0 Å². The molecule has 46 valence electrons. The number of hydrogen-bond acceptors (Lipinski definition) is 1. The molecule has 0 fully saturated rings. The molecule has 0 heterocycles. The first-order valence-electron chi connectivity index (χ1n) is 2.42. The highest BCUT2D eigenvalue weighted by Crippen LogP contribution is 2.00. The van der Waals surface area contributed by atoms with Crippen molar-refractivity contribution in [2.45, 2.75) is 13.8 Å². The smallest absolute Gasteiger partial charge is 0.0282 e. The fraction of sp³-hybridized carbons (Fsp3) is 0.333. The zero-order valence-electron chi connectivity index (χ0n) is 5.11. The molecular weight excluding hydrogens is 122 g/mol. The average molecular weight is 132 g/mol. The normalized spacial score (nSPS) is 14.4. The van der Waals surface area contributed by atoms with Crippen molar-refractivity contribution in [2.75, 3.05) is 0 Å². The third-order valence-electron chi connectivity index (χ3n) is 0.699. The van der Waals surface area contributed by atoms with Gasteiger partial charge in [-0.15, -0.1) is 0 Å². The lowest BCUT2D eigenvalue weighted by molar-refractivity contribution is 1.38. The molecule has 0 saturated heterocycles. The molecule has 0 aliphatic rings. The molecule has 0 spiro atoms. The second kappa shape index (κ2) is 3.56. The Kier molecular flexibility index (Phi) is 3.37. The molecule has 0 saturated carbocycles. The van der Waals surface area contributed by atoms with Gasteiger partial charge in [0, 0.05) is 10.7 Å². The first kappa shape index (κ1) is 7.57. The Bertz CT molecular complexity index is 120. The van der Waals surface area contributed by atoms with Crippen molar-refractivity contribution in [3.63, 3.8) is 0 Å². The Morgan fingerprint density at radius 2 is 2.12 bits per heavy atom. The average Bonchev–Trinajstić information content (AvgIpc) is 1.65. The molecule has 0 aromatic carbocycles. The molecule has 0 aromatic heterocycles. The van der Waals surface area contributed by atoms with Gasteiger partial charge in [0.25, 0.3) is 0 Å². The van der Waals surface area contributed by atoms with E-state index in [0.29, 0.717) is 10.7 Å². The summed E-state index contributed by atoms with van der Waals surface area (Å²) in [6.07, 6.45) is 3.51. The fourth-order valence-electron chi connectivity index (χ4n) is 0.313. The lowest BCUT2D eigenvalue weighted by Gasteiger charge is -1.87. The molecule has 2 heteroatoms. The molecule has 0 atom stereocenters. The van der Waals surface area contributed by atoms with Crippen molar-refractivity contribution in [1.82, 2.24) is 0 Å². The first-order valence-corrected chi connectivity index (χ1v) is 2.80. The predicted octanol–water partition coefficient (Wildman–Crippen LogP) is 1.99. The van der Waals surface area contributed by atoms with Crippen LogP contribution in [0.1, 0.15) is 13.8 Å². The van der Waals surface area contributed by atoms with Crippen LogP contribution in [0.25, 0.3) is 0 Å². The summed E-state index contributed by atoms with van der Waals surface area (Å²) in [7, 11) is 0. The molecule has 0 unspecified atom stereocenters. The van der Waals surface area contributed by atoms with Crippen LogP contribution in [0.15, 0.2) is 22.9 Å². The van der Waals surface area contributed by atoms with Crippen molar-refractivity contribution in [2.24, 2.45) is 5.73 Å². The van der Waals surface area contributed by atoms with Gasteiger partial charge in [0.1, 0.15) is 0 Å². The van der Waals surface area contributed by atoms with E-state index in [2.05, 4.69) is 0 Å². The van der Waals surface area contributed by atoms with Crippen LogP contribution in [0.3, 0.4) is 0 Å². The minimum atomic E-state index is 0.706. The highest BCUT2D eigenvalue weighted by molar-refractivity contribution is 6.29. The highest BCUT2D eigenvalue weighted by Gasteiger charge is 1.79. The van der Waals surface area contributed by atoms with Gasteiger partial charge in [-0.2, -0.15) is 0 Å². The Morgan fingerprint density at radius 1 is 1.62 bits per heavy atom. The summed E-state index contributed by atoms with van der Waals surface area (Å²) in [5, 5.41) is 0.709. The van der Waals surface area contributed by atoms with Crippen molar-refractivity contribution < 1.29 is 0 Å². The third-order valence-corrected chi connectivity index (χ3v) is 0.808. The third kappa shape index (κ3) is 3.75. The summed E-state index contributed by atoms with van der Waals surface area (Å²) in [6, 6.07) is 0. The number of rotatable bonds is 1. The monoisotopic (exact) mass is 131 g/mol. The number of allylic oxidation sites excluding steroid dienone is 3. The van der Waals surface area contributed by atoms with Gasteiger partial charge in [0.05, 0.1) is 0 Å². The van der Waals surface area contributed by atoms with Gasteiger partial charge < -0.3 is 5.73 Å². The standard InChI is InChI=1S/C6H10ClN/c1-3-6(8)4-5(2)7/h3-4H,8H2,1-2H3/b5-4+,6-3+. The lowest BCUT2D eigenvalue weighted by Crippen LogP contribution is -1.90. The van der Waals surface area contributed by atoms with Crippen LogP contribution in [0.2, 0.25) is 0 Å². The van der Waals surface area contributed by atoms with Gasteiger partial charge in [0.15, 0.2) is 0 Å². The maximum absolute atomic E-state index is 5.49. The van der Waals surface area contributed by atoms with Crippen LogP contribution in [-0.4, -0.2) is 0 Å². The number of halogens is 1. The van der Waals surface area contributed by atoms with Gasteiger partial charge in [-0.3, -0.25) is 0 Å². The molecule has 0 rings (SSSR count). The van der Waals surface area contributed by atoms with E-state index < -0.39 is 0 Å². The van der Waals surface area contributed by atoms with Crippen molar-refractivity contribution in [1.29, 1.82) is 0 Å². The van der Waals surface area contributed by atoms with Crippen molar-refractivity contribution in [3.8, 4) is 0 Å². The number of hydrogen-bond donors (Lipinski definition) is 1. The molecule has 0 bridgehead atoms. The Balaban J connectivity index is 3.89. The van der Waals surface area contributed by atoms with E-state index in [4.69, 9.17) is 17.3 Å². The van der Waals surface area contributed by atoms with Crippen LogP contribution in [-0.2, 0) is 0 Å².